The SMILES string of the molecule is Fc1ccc(COc2c(C3CCC3)ccc(-c3cnc4[nH]ccc4n3)c2F)cc1. The third kappa shape index (κ3) is 3.35. The Balaban J connectivity index is 1.52. The van der Waals surface area contributed by atoms with Crippen LogP contribution in [0, 0.1) is 11.6 Å². The fraction of sp³-hybridized carbons (Fsp3) is 0.217. The summed E-state index contributed by atoms with van der Waals surface area (Å²) in [5.41, 5.74) is 3.82. The molecule has 0 bridgehead atoms. The standard InChI is InChI=1S/C23H19F2N3O/c24-16-6-4-14(5-7-16)13-29-22-17(15-2-1-3-15)8-9-18(21(22)25)20-12-27-23-19(28-20)10-11-26-23/h4-12,15H,1-3,13H2,(H,26,27). The molecule has 0 spiro atoms. The molecule has 0 amide bonds. The molecule has 0 radical (unpaired) electrons. The molecule has 5 rings (SSSR count). The van der Waals surface area contributed by atoms with Gasteiger partial charge >= 0.3 is 0 Å². The van der Waals surface area contributed by atoms with Crippen molar-refractivity contribution in [3.8, 4) is 17.0 Å². The molecule has 0 saturated heterocycles. The van der Waals surface area contributed by atoms with Crippen LogP contribution in [0.4, 0.5) is 8.78 Å². The molecule has 0 unspecified atom stereocenters. The van der Waals surface area contributed by atoms with E-state index in [9.17, 15) is 4.39 Å². The second kappa shape index (κ2) is 7.28. The van der Waals surface area contributed by atoms with E-state index in [0.717, 1.165) is 30.4 Å². The second-order valence-corrected chi connectivity index (χ2v) is 7.36. The van der Waals surface area contributed by atoms with Crippen LogP contribution in [-0.4, -0.2) is 15.0 Å². The lowest BCUT2D eigenvalue weighted by molar-refractivity contribution is 0.278. The maximum Gasteiger partial charge on any atom is 0.174 e. The van der Waals surface area contributed by atoms with E-state index in [2.05, 4.69) is 15.0 Å². The highest BCUT2D eigenvalue weighted by Crippen LogP contribution is 2.44. The van der Waals surface area contributed by atoms with Crippen LogP contribution in [0.3, 0.4) is 0 Å². The average molecular weight is 391 g/mol. The summed E-state index contributed by atoms with van der Waals surface area (Å²) in [7, 11) is 0. The third-order valence-corrected chi connectivity index (χ3v) is 5.51. The molecule has 2 aromatic heterocycles. The van der Waals surface area contributed by atoms with Crippen LogP contribution in [0.25, 0.3) is 22.4 Å². The van der Waals surface area contributed by atoms with Gasteiger partial charge in [-0.2, -0.15) is 0 Å². The predicted molar refractivity (Wildman–Crippen MR) is 107 cm³/mol. The van der Waals surface area contributed by atoms with Crippen LogP contribution in [0.1, 0.15) is 36.3 Å². The molecular weight excluding hydrogens is 372 g/mol. The molecule has 29 heavy (non-hydrogen) atoms. The lowest BCUT2D eigenvalue weighted by atomic mass is 9.79. The number of aromatic amines is 1. The molecule has 2 aromatic carbocycles. The van der Waals surface area contributed by atoms with E-state index in [1.807, 2.05) is 6.07 Å². The van der Waals surface area contributed by atoms with Crippen LogP contribution in [0.2, 0.25) is 0 Å². The number of H-pyrrole nitrogens is 1. The van der Waals surface area contributed by atoms with Gasteiger partial charge in [0.05, 0.1) is 11.9 Å². The van der Waals surface area contributed by atoms with Gasteiger partial charge in [-0.15, -0.1) is 0 Å². The number of nitrogens with one attached hydrogen (secondary N) is 1. The summed E-state index contributed by atoms with van der Waals surface area (Å²) in [6.45, 7) is 0.170. The summed E-state index contributed by atoms with van der Waals surface area (Å²) in [5, 5.41) is 0. The number of hydrogen-bond acceptors (Lipinski definition) is 3. The van der Waals surface area contributed by atoms with E-state index < -0.39 is 5.82 Å². The Morgan fingerprint density at radius 1 is 1.03 bits per heavy atom. The minimum absolute atomic E-state index is 0.170. The number of halogens is 2. The molecule has 1 fully saturated rings. The topological polar surface area (TPSA) is 50.8 Å². The first-order valence-corrected chi connectivity index (χ1v) is 9.69. The fourth-order valence-corrected chi connectivity index (χ4v) is 3.65. The van der Waals surface area contributed by atoms with Gasteiger partial charge in [-0.1, -0.05) is 24.6 Å². The lowest BCUT2D eigenvalue weighted by Crippen LogP contribution is -2.12. The highest BCUT2D eigenvalue weighted by molar-refractivity contribution is 5.75. The molecule has 6 heteroatoms. The molecule has 4 nitrogen and oxygen atoms in total. The second-order valence-electron chi connectivity index (χ2n) is 7.36. The normalized spacial score (nSPS) is 14.1. The molecule has 1 aliphatic rings. The predicted octanol–water partition coefficient (Wildman–Crippen LogP) is 5.75. The van der Waals surface area contributed by atoms with Gasteiger partial charge in [0, 0.05) is 17.3 Å². The largest absolute Gasteiger partial charge is 0.486 e. The molecule has 1 saturated carbocycles. The average Bonchev–Trinajstić information content (AvgIpc) is 3.15. The summed E-state index contributed by atoms with van der Waals surface area (Å²) < 4.78 is 34.7. The zero-order valence-electron chi connectivity index (χ0n) is 15.7. The maximum absolute atomic E-state index is 15.6. The van der Waals surface area contributed by atoms with Crippen LogP contribution in [0.15, 0.2) is 54.9 Å². The summed E-state index contributed by atoms with van der Waals surface area (Å²) in [6, 6.07) is 11.5. The maximum atomic E-state index is 15.6. The Bertz CT molecular complexity index is 1170. The third-order valence-electron chi connectivity index (χ3n) is 5.51. The Morgan fingerprint density at radius 3 is 2.62 bits per heavy atom. The molecule has 4 aromatic rings. The van der Waals surface area contributed by atoms with Crippen molar-refractivity contribution in [2.75, 3.05) is 0 Å². The molecule has 2 heterocycles. The number of fused-ring (bicyclic) bond motifs is 1. The van der Waals surface area contributed by atoms with Gasteiger partial charge in [-0.05, 0) is 48.6 Å². The van der Waals surface area contributed by atoms with Crippen molar-refractivity contribution in [2.45, 2.75) is 31.8 Å². The van der Waals surface area contributed by atoms with Crippen LogP contribution < -0.4 is 4.74 Å². The van der Waals surface area contributed by atoms with Crippen molar-refractivity contribution >= 4 is 11.2 Å². The van der Waals surface area contributed by atoms with Crippen LogP contribution in [0.5, 0.6) is 5.75 Å². The van der Waals surface area contributed by atoms with E-state index in [-0.39, 0.29) is 18.2 Å². The summed E-state index contributed by atoms with van der Waals surface area (Å²) >= 11 is 0. The smallest absolute Gasteiger partial charge is 0.174 e. The van der Waals surface area contributed by atoms with Gasteiger partial charge < -0.3 is 9.72 Å². The van der Waals surface area contributed by atoms with E-state index in [1.165, 1.54) is 12.1 Å². The van der Waals surface area contributed by atoms with Gasteiger partial charge in [0.25, 0.3) is 0 Å². The molecular formula is C23H19F2N3O. The van der Waals surface area contributed by atoms with E-state index >= 15 is 4.39 Å². The molecule has 146 valence electrons. The van der Waals surface area contributed by atoms with Gasteiger partial charge in [0.1, 0.15) is 17.9 Å². The Morgan fingerprint density at radius 2 is 1.86 bits per heavy atom. The van der Waals surface area contributed by atoms with Crippen molar-refractivity contribution in [1.29, 1.82) is 0 Å². The fourth-order valence-electron chi connectivity index (χ4n) is 3.65. The number of ether oxygens (including phenoxy) is 1. The summed E-state index contributed by atoms with van der Waals surface area (Å²) in [6.07, 6.45) is 6.51. The number of rotatable bonds is 5. The lowest BCUT2D eigenvalue weighted by Gasteiger charge is -2.28. The monoisotopic (exact) mass is 391 g/mol. The van der Waals surface area contributed by atoms with Crippen molar-refractivity contribution in [3.63, 3.8) is 0 Å². The van der Waals surface area contributed by atoms with Gasteiger partial charge in [-0.3, -0.25) is 0 Å². The van der Waals surface area contributed by atoms with Crippen molar-refractivity contribution in [2.24, 2.45) is 0 Å². The van der Waals surface area contributed by atoms with Gasteiger partial charge in [0.15, 0.2) is 17.2 Å². The summed E-state index contributed by atoms with van der Waals surface area (Å²) in [4.78, 5) is 11.8. The molecule has 1 aliphatic carbocycles. The van der Waals surface area contributed by atoms with Crippen LogP contribution >= 0.6 is 0 Å². The number of nitrogens with zero attached hydrogens (tertiary/aromatic N) is 2. The molecule has 1 N–H and O–H groups in total. The van der Waals surface area contributed by atoms with Gasteiger partial charge in [0.2, 0.25) is 0 Å². The number of benzene rings is 2. The van der Waals surface area contributed by atoms with E-state index in [1.54, 1.807) is 36.7 Å². The minimum Gasteiger partial charge on any atom is -0.486 e. The Labute approximate surface area is 166 Å². The first-order chi connectivity index (χ1) is 14.2. The highest BCUT2D eigenvalue weighted by Gasteiger charge is 2.27. The first-order valence-electron chi connectivity index (χ1n) is 9.69. The quantitative estimate of drug-likeness (QED) is 0.471. The zero-order valence-corrected chi connectivity index (χ0v) is 15.7. The van der Waals surface area contributed by atoms with E-state index in [4.69, 9.17) is 4.74 Å². The van der Waals surface area contributed by atoms with Crippen molar-refractivity contribution in [3.05, 3.63) is 77.6 Å². The molecule has 0 aliphatic heterocycles. The van der Waals surface area contributed by atoms with E-state index in [0.29, 0.717) is 28.3 Å². The summed E-state index contributed by atoms with van der Waals surface area (Å²) in [5.74, 6) is -0.177. The Kier molecular flexibility index (Phi) is 4.46. The van der Waals surface area contributed by atoms with Crippen molar-refractivity contribution in [1.82, 2.24) is 15.0 Å². The van der Waals surface area contributed by atoms with Crippen molar-refractivity contribution < 1.29 is 13.5 Å². The van der Waals surface area contributed by atoms with Gasteiger partial charge in [-0.25, -0.2) is 18.7 Å². The number of aromatic nitrogens is 3. The number of hydrogen-bond donors (Lipinski definition) is 1. The Hall–Kier alpha value is -3.28. The highest BCUT2D eigenvalue weighted by atomic mass is 19.1. The van der Waals surface area contributed by atoms with Crippen LogP contribution in [-0.2, 0) is 6.61 Å². The zero-order chi connectivity index (χ0) is 19.8. The minimum atomic E-state index is -0.430. The molecule has 0 atom stereocenters. The first kappa shape index (κ1) is 17.8.